The summed E-state index contributed by atoms with van der Waals surface area (Å²) in [4.78, 5) is 18.1. The molecule has 106 valence electrons. The molecule has 0 spiro atoms. The van der Waals surface area contributed by atoms with Gasteiger partial charge in [0.05, 0.1) is 22.2 Å². The van der Waals surface area contributed by atoms with Crippen molar-refractivity contribution in [2.45, 2.75) is 20.3 Å². The zero-order chi connectivity index (χ0) is 14.9. The monoisotopic (exact) mass is 292 g/mol. The predicted molar refractivity (Wildman–Crippen MR) is 77.8 cm³/mol. The number of pyridine rings is 1. The van der Waals surface area contributed by atoms with Crippen LogP contribution >= 0.6 is 11.6 Å². The smallest absolute Gasteiger partial charge is 0.224 e. The van der Waals surface area contributed by atoms with Crippen molar-refractivity contribution in [1.29, 1.82) is 5.26 Å². The number of halogens is 1. The first-order chi connectivity index (χ1) is 9.49. The molecule has 20 heavy (non-hydrogen) atoms. The van der Waals surface area contributed by atoms with E-state index < -0.39 is 0 Å². The molecule has 1 N–H and O–H groups in total. The van der Waals surface area contributed by atoms with E-state index in [1.165, 1.54) is 0 Å². The number of carbonyl (C=O) groups excluding carboxylic acids is 1. The second-order valence-electron chi connectivity index (χ2n) is 4.99. The van der Waals surface area contributed by atoms with Crippen LogP contribution in [-0.4, -0.2) is 31.0 Å². The minimum Gasteiger partial charge on any atom is -0.359 e. The van der Waals surface area contributed by atoms with Gasteiger partial charge in [-0.2, -0.15) is 5.26 Å². The average molecular weight is 293 g/mol. The van der Waals surface area contributed by atoms with Gasteiger partial charge in [0.25, 0.3) is 0 Å². The van der Waals surface area contributed by atoms with E-state index >= 15 is 0 Å². The molecule has 0 radical (unpaired) electrons. The van der Waals surface area contributed by atoms with Gasteiger partial charge >= 0.3 is 0 Å². The highest BCUT2D eigenvalue weighted by molar-refractivity contribution is 6.32. The van der Waals surface area contributed by atoms with Crippen LogP contribution in [0.1, 0.15) is 23.2 Å². The van der Waals surface area contributed by atoms with Gasteiger partial charge in [-0.1, -0.05) is 11.6 Å². The maximum absolute atomic E-state index is 11.7. The summed E-state index contributed by atoms with van der Waals surface area (Å²) in [6.07, 6.45) is 0.771. The van der Waals surface area contributed by atoms with Crippen LogP contribution in [0, 0.1) is 31.1 Å². The lowest BCUT2D eigenvalue weighted by atomic mass is 10.1. The van der Waals surface area contributed by atoms with Gasteiger partial charge in [-0.15, -0.1) is 0 Å². The van der Waals surface area contributed by atoms with E-state index in [2.05, 4.69) is 16.4 Å². The first-order valence-electron chi connectivity index (χ1n) is 6.53. The number of rotatable bonds is 2. The van der Waals surface area contributed by atoms with Crippen molar-refractivity contribution in [3.05, 3.63) is 21.8 Å². The van der Waals surface area contributed by atoms with Crippen LogP contribution in [0.3, 0.4) is 0 Å². The van der Waals surface area contributed by atoms with Gasteiger partial charge in [-0.05, 0) is 25.8 Å². The fraction of sp³-hybridized carbons (Fsp3) is 0.500. The van der Waals surface area contributed by atoms with Crippen molar-refractivity contribution in [2.24, 2.45) is 5.92 Å². The molecule has 1 aliphatic heterocycles. The highest BCUT2D eigenvalue weighted by atomic mass is 35.5. The van der Waals surface area contributed by atoms with Gasteiger partial charge in [0.15, 0.2) is 0 Å². The molecule has 1 fully saturated rings. The lowest BCUT2D eigenvalue weighted by molar-refractivity contribution is -0.123. The Bertz CT molecular complexity index is 594. The molecule has 1 saturated heterocycles. The molecule has 2 heterocycles. The SMILES string of the molecule is CNC(=O)C1CCN(c2nc(C)c(Cl)c(C)c2C#N)C1. The molecule has 0 saturated carbocycles. The summed E-state index contributed by atoms with van der Waals surface area (Å²) in [6, 6.07) is 2.18. The van der Waals surface area contributed by atoms with E-state index in [0.29, 0.717) is 28.6 Å². The number of anilines is 1. The number of amides is 1. The number of hydrogen-bond acceptors (Lipinski definition) is 4. The molecule has 0 aliphatic carbocycles. The number of aromatic nitrogens is 1. The summed E-state index contributed by atoms with van der Waals surface area (Å²) < 4.78 is 0. The average Bonchev–Trinajstić information content (AvgIpc) is 2.93. The van der Waals surface area contributed by atoms with Gasteiger partial charge in [0.2, 0.25) is 5.91 Å². The first kappa shape index (κ1) is 14.6. The minimum atomic E-state index is -0.0513. The third kappa shape index (κ3) is 2.44. The maximum atomic E-state index is 11.7. The fourth-order valence-corrected chi connectivity index (χ4v) is 2.68. The maximum Gasteiger partial charge on any atom is 0.224 e. The van der Waals surface area contributed by atoms with Crippen LogP contribution < -0.4 is 10.2 Å². The third-order valence-electron chi connectivity index (χ3n) is 3.74. The standard InChI is InChI=1S/C14H17ClN4O/c1-8-11(6-16)13(18-9(2)12(8)15)19-5-4-10(7-19)14(20)17-3/h10H,4-5,7H2,1-3H3,(H,17,20). The Morgan fingerprint density at radius 2 is 2.25 bits per heavy atom. The molecule has 1 amide bonds. The molecule has 5 nitrogen and oxygen atoms in total. The predicted octanol–water partition coefficient (Wildman–Crippen LogP) is 1.80. The Morgan fingerprint density at radius 1 is 1.55 bits per heavy atom. The molecule has 0 bridgehead atoms. The van der Waals surface area contributed by atoms with Crippen LogP contribution in [0.2, 0.25) is 5.02 Å². The Balaban J connectivity index is 2.36. The van der Waals surface area contributed by atoms with Gasteiger partial charge in [-0.3, -0.25) is 4.79 Å². The summed E-state index contributed by atoms with van der Waals surface area (Å²) >= 11 is 6.15. The largest absolute Gasteiger partial charge is 0.359 e. The molecule has 1 unspecified atom stereocenters. The zero-order valence-corrected chi connectivity index (χ0v) is 12.6. The summed E-state index contributed by atoms with van der Waals surface area (Å²) in [5.74, 6) is 0.622. The Morgan fingerprint density at radius 3 is 2.85 bits per heavy atom. The second kappa shape index (κ2) is 5.68. The van der Waals surface area contributed by atoms with Crippen molar-refractivity contribution in [3.8, 4) is 6.07 Å². The van der Waals surface area contributed by atoms with Crippen molar-refractivity contribution < 1.29 is 4.79 Å². The van der Waals surface area contributed by atoms with Crippen molar-refractivity contribution in [3.63, 3.8) is 0 Å². The number of aryl methyl sites for hydroxylation is 1. The molecule has 6 heteroatoms. The van der Waals surface area contributed by atoms with E-state index in [1.54, 1.807) is 7.05 Å². The lowest BCUT2D eigenvalue weighted by Gasteiger charge is -2.20. The zero-order valence-electron chi connectivity index (χ0n) is 11.8. The van der Waals surface area contributed by atoms with Crippen LogP contribution in [0.25, 0.3) is 0 Å². The number of carbonyl (C=O) groups is 1. The second-order valence-corrected chi connectivity index (χ2v) is 5.37. The summed E-state index contributed by atoms with van der Waals surface area (Å²) in [6.45, 7) is 4.96. The fourth-order valence-electron chi connectivity index (χ4n) is 2.55. The number of nitriles is 1. The van der Waals surface area contributed by atoms with E-state index in [4.69, 9.17) is 11.6 Å². The molecule has 0 aromatic carbocycles. The molecule has 2 rings (SSSR count). The molecule has 1 aromatic rings. The quantitative estimate of drug-likeness (QED) is 0.902. The van der Waals surface area contributed by atoms with Crippen molar-refractivity contribution in [1.82, 2.24) is 10.3 Å². The third-order valence-corrected chi connectivity index (χ3v) is 4.29. The van der Waals surface area contributed by atoms with Gasteiger partial charge in [0.1, 0.15) is 11.9 Å². The summed E-state index contributed by atoms with van der Waals surface area (Å²) in [5, 5.41) is 12.5. The molecular formula is C14H17ClN4O. The van der Waals surface area contributed by atoms with E-state index in [9.17, 15) is 10.1 Å². The molecule has 1 atom stereocenters. The van der Waals surface area contributed by atoms with Gasteiger partial charge in [-0.25, -0.2) is 4.98 Å². The van der Waals surface area contributed by atoms with Crippen molar-refractivity contribution in [2.75, 3.05) is 25.0 Å². The van der Waals surface area contributed by atoms with E-state index in [0.717, 1.165) is 18.5 Å². The number of hydrogen-bond donors (Lipinski definition) is 1. The van der Waals surface area contributed by atoms with Crippen LogP contribution in [0.15, 0.2) is 0 Å². The summed E-state index contributed by atoms with van der Waals surface area (Å²) in [7, 11) is 1.64. The van der Waals surface area contributed by atoms with Gasteiger partial charge < -0.3 is 10.2 Å². The Labute approximate surface area is 123 Å². The molecular weight excluding hydrogens is 276 g/mol. The van der Waals surface area contributed by atoms with Gasteiger partial charge in [0, 0.05) is 20.1 Å². The van der Waals surface area contributed by atoms with Crippen LogP contribution in [-0.2, 0) is 4.79 Å². The Hall–Kier alpha value is -1.80. The minimum absolute atomic E-state index is 0.0356. The lowest BCUT2D eigenvalue weighted by Crippen LogP contribution is -2.30. The molecule has 1 aromatic heterocycles. The van der Waals surface area contributed by atoms with Crippen molar-refractivity contribution >= 4 is 23.3 Å². The highest BCUT2D eigenvalue weighted by Crippen LogP contribution is 2.31. The normalized spacial score (nSPS) is 17.9. The van der Waals surface area contributed by atoms with E-state index in [-0.39, 0.29) is 11.8 Å². The number of nitrogens with one attached hydrogen (secondary N) is 1. The first-order valence-corrected chi connectivity index (χ1v) is 6.90. The summed E-state index contributed by atoms with van der Waals surface area (Å²) in [5.41, 5.74) is 1.96. The molecule has 1 aliphatic rings. The van der Waals surface area contributed by atoms with Crippen LogP contribution in [0.4, 0.5) is 5.82 Å². The topological polar surface area (TPSA) is 69.0 Å². The highest BCUT2D eigenvalue weighted by Gasteiger charge is 2.30. The Kier molecular flexibility index (Phi) is 4.15. The van der Waals surface area contributed by atoms with E-state index in [1.807, 2.05) is 18.7 Å². The number of nitrogens with zero attached hydrogens (tertiary/aromatic N) is 3. The van der Waals surface area contributed by atoms with Crippen LogP contribution in [0.5, 0.6) is 0 Å².